The standard InChI is InChI=1S/C35H32FN3O6/c1-43-32-18-27-12-10-25(32)19-37-33(40)21-44-26-9-5-8-23(16-26)24-11-13-29(36)28(17-24)34(41)38-30-20-39(15-14-31(30)45-27)35(42)22-6-3-2-4-7-22/h2-13,16-18,30-31H,14-15,19-21H2,1H3,(H,37,40)(H,38,41)/t30-,31+/m1/s1. The van der Waals surface area contributed by atoms with Crippen LogP contribution in [0.4, 0.5) is 4.39 Å². The van der Waals surface area contributed by atoms with E-state index in [1.165, 1.54) is 19.2 Å². The number of methoxy groups -OCH3 is 1. The largest absolute Gasteiger partial charge is 0.496 e. The van der Waals surface area contributed by atoms with Gasteiger partial charge >= 0.3 is 0 Å². The molecule has 0 unspecified atom stereocenters. The molecule has 0 radical (unpaired) electrons. The Morgan fingerprint density at radius 3 is 2.58 bits per heavy atom. The summed E-state index contributed by atoms with van der Waals surface area (Å²) in [4.78, 5) is 41.3. The summed E-state index contributed by atoms with van der Waals surface area (Å²) < 4.78 is 32.8. The lowest BCUT2D eigenvalue weighted by Crippen LogP contribution is -2.58. The second kappa shape index (κ2) is 13.1. The van der Waals surface area contributed by atoms with Gasteiger partial charge in [-0.2, -0.15) is 0 Å². The van der Waals surface area contributed by atoms with Crippen LogP contribution >= 0.6 is 0 Å². The maximum atomic E-state index is 15.1. The Kier molecular flexibility index (Phi) is 8.63. The SMILES string of the molecule is COc1cc2ccc1CNC(=O)COc1cccc(c1)-c1ccc(F)c(c1)C(=O)N[C@@H]1CN(C(=O)c3ccccc3)CC[C@@H]1O2. The molecule has 0 spiro atoms. The monoisotopic (exact) mass is 609 g/mol. The number of rotatable bonds is 2. The summed E-state index contributed by atoms with van der Waals surface area (Å²) in [5.41, 5.74) is 2.39. The van der Waals surface area contributed by atoms with E-state index in [1.807, 2.05) is 12.1 Å². The molecule has 0 saturated carbocycles. The molecule has 4 aromatic carbocycles. The molecule has 3 aliphatic heterocycles. The molecule has 3 amide bonds. The molecule has 9 nitrogen and oxygen atoms in total. The Morgan fingerprint density at radius 1 is 0.933 bits per heavy atom. The number of fused-ring (bicyclic) bond motifs is 7. The smallest absolute Gasteiger partial charge is 0.258 e. The lowest BCUT2D eigenvalue weighted by atomic mass is 9.99. The highest BCUT2D eigenvalue weighted by Crippen LogP contribution is 2.29. The molecule has 1 saturated heterocycles. The molecule has 45 heavy (non-hydrogen) atoms. The van der Waals surface area contributed by atoms with E-state index in [2.05, 4.69) is 10.6 Å². The van der Waals surface area contributed by atoms with E-state index in [0.717, 1.165) is 5.56 Å². The predicted octanol–water partition coefficient (Wildman–Crippen LogP) is 4.60. The highest BCUT2D eigenvalue weighted by molar-refractivity contribution is 5.96. The fourth-order valence-electron chi connectivity index (χ4n) is 5.56. The van der Waals surface area contributed by atoms with Crippen LogP contribution in [0.3, 0.4) is 0 Å². The number of amides is 3. The number of ether oxygens (including phenoxy) is 3. The quantitative estimate of drug-likeness (QED) is 0.344. The van der Waals surface area contributed by atoms with Gasteiger partial charge in [0.1, 0.15) is 29.2 Å². The van der Waals surface area contributed by atoms with Gasteiger partial charge < -0.3 is 29.7 Å². The lowest BCUT2D eigenvalue weighted by molar-refractivity contribution is -0.123. The van der Waals surface area contributed by atoms with Gasteiger partial charge in [0.15, 0.2) is 6.61 Å². The molecule has 4 aromatic rings. The van der Waals surface area contributed by atoms with Gasteiger partial charge in [-0.15, -0.1) is 0 Å². The van der Waals surface area contributed by atoms with Crippen molar-refractivity contribution in [3.8, 4) is 28.4 Å². The molecular formula is C35H32FN3O6. The van der Waals surface area contributed by atoms with Crippen molar-refractivity contribution in [2.24, 2.45) is 0 Å². The van der Waals surface area contributed by atoms with Crippen LogP contribution in [-0.2, 0) is 11.3 Å². The molecular weight excluding hydrogens is 577 g/mol. The zero-order valence-corrected chi connectivity index (χ0v) is 24.6. The van der Waals surface area contributed by atoms with Gasteiger partial charge in [-0.25, -0.2) is 4.39 Å². The summed E-state index contributed by atoms with van der Waals surface area (Å²) in [5, 5.41) is 5.80. The fourth-order valence-corrected chi connectivity index (χ4v) is 5.56. The first-order valence-electron chi connectivity index (χ1n) is 14.7. The number of carbonyl (C=O) groups excluding carboxylic acids is 3. The van der Waals surface area contributed by atoms with Crippen molar-refractivity contribution in [2.45, 2.75) is 25.1 Å². The zero-order valence-electron chi connectivity index (χ0n) is 24.6. The Morgan fingerprint density at radius 2 is 1.76 bits per heavy atom. The predicted molar refractivity (Wildman–Crippen MR) is 165 cm³/mol. The van der Waals surface area contributed by atoms with Crippen LogP contribution in [0.2, 0.25) is 0 Å². The first-order valence-corrected chi connectivity index (χ1v) is 14.7. The summed E-state index contributed by atoms with van der Waals surface area (Å²) in [7, 11) is 1.53. The molecule has 6 bridgehead atoms. The minimum Gasteiger partial charge on any atom is -0.496 e. The first kappa shape index (κ1) is 29.7. The summed E-state index contributed by atoms with van der Waals surface area (Å²) in [6, 6.07) is 24.8. The number of benzene rings is 4. The number of carbonyl (C=O) groups is 3. The molecule has 2 atom stereocenters. The van der Waals surface area contributed by atoms with Gasteiger partial charge in [-0.3, -0.25) is 14.4 Å². The highest BCUT2D eigenvalue weighted by Gasteiger charge is 2.35. The van der Waals surface area contributed by atoms with Crippen LogP contribution in [-0.4, -0.2) is 61.6 Å². The van der Waals surface area contributed by atoms with Crippen LogP contribution in [0.1, 0.15) is 32.7 Å². The van der Waals surface area contributed by atoms with Crippen LogP contribution in [0.15, 0.2) is 91.0 Å². The van der Waals surface area contributed by atoms with Crippen LogP contribution < -0.4 is 24.8 Å². The summed E-state index contributed by atoms with van der Waals surface area (Å²) in [5.74, 6) is -0.373. The van der Waals surface area contributed by atoms with E-state index in [-0.39, 0.29) is 37.1 Å². The van der Waals surface area contributed by atoms with E-state index in [1.54, 1.807) is 71.6 Å². The number of nitrogens with one attached hydrogen (secondary N) is 2. The molecule has 2 N–H and O–H groups in total. The van der Waals surface area contributed by atoms with Crippen molar-refractivity contribution in [3.05, 3.63) is 114 Å². The zero-order chi connectivity index (χ0) is 31.3. The lowest BCUT2D eigenvalue weighted by Gasteiger charge is -2.39. The summed E-state index contributed by atoms with van der Waals surface area (Å²) >= 11 is 0. The molecule has 1 fully saturated rings. The Balaban J connectivity index is 1.36. The maximum Gasteiger partial charge on any atom is 0.258 e. The molecule has 3 aliphatic rings. The fraction of sp³-hybridized carbons (Fsp3) is 0.229. The van der Waals surface area contributed by atoms with Crippen LogP contribution in [0.5, 0.6) is 17.2 Å². The minimum absolute atomic E-state index is 0.149. The van der Waals surface area contributed by atoms with Crippen molar-refractivity contribution < 1.29 is 33.0 Å². The summed E-state index contributed by atoms with van der Waals surface area (Å²) in [6.45, 7) is 0.556. The average Bonchev–Trinajstić information content (AvgIpc) is 3.07. The van der Waals surface area contributed by atoms with Crippen molar-refractivity contribution in [1.29, 1.82) is 0 Å². The number of nitrogens with zero attached hydrogens (tertiary/aromatic N) is 1. The molecule has 230 valence electrons. The third-order valence-electron chi connectivity index (χ3n) is 7.94. The average molecular weight is 610 g/mol. The normalized spacial score (nSPS) is 18.4. The van der Waals surface area contributed by atoms with Gasteiger partial charge in [0.25, 0.3) is 17.7 Å². The molecule has 3 heterocycles. The number of hydrogen-bond acceptors (Lipinski definition) is 6. The van der Waals surface area contributed by atoms with Gasteiger partial charge in [-0.05, 0) is 59.7 Å². The number of halogens is 1. The van der Waals surface area contributed by atoms with E-state index in [9.17, 15) is 14.4 Å². The van der Waals surface area contributed by atoms with E-state index >= 15 is 4.39 Å². The van der Waals surface area contributed by atoms with Gasteiger partial charge in [0.05, 0.1) is 18.7 Å². The van der Waals surface area contributed by atoms with E-state index in [4.69, 9.17) is 14.2 Å². The Bertz CT molecular complexity index is 1730. The van der Waals surface area contributed by atoms with Crippen molar-refractivity contribution in [2.75, 3.05) is 26.8 Å². The number of piperidine rings is 1. The van der Waals surface area contributed by atoms with Crippen molar-refractivity contribution >= 4 is 17.7 Å². The summed E-state index contributed by atoms with van der Waals surface area (Å²) in [6.07, 6.45) is -0.117. The Hall–Kier alpha value is -5.38. The number of hydrogen-bond donors (Lipinski definition) is 2. The highest BCUT2D eigenvalue weighted by atomic mass is 19.1. The minimum atomic E-state index is -0.687. The van der Waals surface area contributed by atoms with Gasteiger partial charge in [0, 0.05) is 43.2 Å². The molecule has 0 aliphatic carbocycles. The van der Waals surface area contributed by atoms with Gasteiger partial charge in [0.2, 0.25) is 0 Å². The second-order valence-corrected chi connectivity index (χ2v) is 10.9. The topological polar surface area (TPSA) is 106 Å². The third-order valence-corrected chi connectivity index (χ3v) is 7.94. The second-order valence-electron chi connectivity index (χ2n) is 10.9. The van der Waals surface area contributed by atoms with E-state index in [0.29, 0.717) is 46.9 Å². The van der Waals surface area contributed by atoms with Crippen LogP contribution in [0.25, 0.3) is 11.1 Å². The van der Waals surface area contributed by atoms with Crippen molar-refractivity contribution in [1.82, 2.24) is 15.5 Å². The Labute approximate surface area is 259 Å². The van der Waals surface area contributed by atoms with Gasteiger partial charge in [-0.1, -0.05) is 36.4 Å². The van der Waals surface area contributed by atoms with Crippen molar-refractivity contribution in [3.63, 3.8) is 0 Å². The molecule has 10 heteroatoms. The molecule has 7 rings (SSSR count). The number of likely N-dealkylation sites (tertiary alicyclic amines) is 1. The maximum absolute atomic E-state index is 15.1. The first-order chi connectivity index (χ1) is 21.9. The molecule has 0 aromatic heterocycles. The van der Waals surface area contributed by atoms with Crippen LogP contribution in [0, 0.1) is 5.82 Å². The third kappa shape index (κ3) is 6.75. The van der Waals surface area contributed by atoms with E-state index < -0.39 is 23.9 Å².